The van der Waals surface area contributed by atoms with Crippen LogP contribution in [0.5, 0.6) is 0 Å². The van der Waals surface area contributed by atoms with Crippen molar-refractivity contribution in [3.63, 3.8) is 0 Å². The summed E-state index contributed by atoms with van der Waals surface area (Å²) in [6.45, 7) is 3.32. The second kappa shape index (κ2) is 6.78. The number of nitrogens with one attached hydrogen (secondary N) is 2. The molecule has 122 valence electrons. The Labute approximate surface area is 134 Å². The van der Waals surface area contributed by atoms with Crippen molar-refractivity contribution in [1.29, 1.82) is 0 Å². The van der Waals surface area contributed by atoms with Crippen LogP contribution in [0, 0.1) is 12.7 Å². The second-order valence-corrected chi connectivity index (χ2v) is 6.62. The Balaban J connectivity index is 2.37. The quantitative estimate of drug-likeness (QED) is 0.880. The minimum absolute atomic E-state index is 0.0188. The number of halogens is 1. The fraction of sp³-hybridized carbons (Fsp3) is 0.188. The molecule has 0 aliphatic heterocycles. The summed E-state index contributed by atoms with van der Waals surface area (Å²) < 4.78 is 40.9. The van der Waals surface area contributed by atoms with Crippen LogP contribution in [-0.4, -0.2) is 14.3 Å². The number of rotatable bonds is 5. The van der Waals surface area contributed by atoms with Gasteiger partial charge in [-0.25, -0.2) is 12.8 Å². The van der Waals surface area contributed by atoms with Gasteiger partial charge in [0.1, 0.15) is 5.82 Å². The molecule has 2 aromatic carbocycles. The Kier molecular flexibility index (Phi) is 5.00. The second-order valence-electron chi connectivity index (χ2n) is 4.97. The van der Waals surface area contributed by atoms with Gasteiger partial charge in [-0.1, -0.05) is 25.1 Å². The maximum Gasteiger partial charge on any atom is 0.262 e. The number of hydrogen-bond donors (Lipinski definition) is 2. The summed E-state index contributed by atoms with van der Waals surface area (Å²) in [5.74, 6) is -0.886. The Morgan fingerprint density at radius 2 is 1.87 bits per heavy atom. The van der Waals surface area contributed by atoms with Crippen LogP contribution < -0.4 is 10.0 Å². The molecule has 5 nitrogen and oxygen atoms in total. The van der Waals surface area contributed by atoms with E-state index in [0.29, 0.717) is 11.3 Å². The maximum absolute atomic E-state index is 13.6. The van der Waals surface area contributed by atoms with E-state index in [0.717, 1.165) is 0 Å². The molecule has 0 aromatic heterocycles. The van der Waals surface area contributed by atoms with Crippen LogP contribution >= 0.6 is 0 Å². The topological polar surface area (TPSA) is 75.3 Å². The Bertz CT molecular complexity index is 835. The molecule has 0 aliphatic carbocycles. The molecular formula is C16H17FN2O3S. The molecule has 23 heavy (non-hydrogen) atoms. The van der Waals surface area contributed by atoms with E-state index in [9.17, 15) is 17.6 Å². The smallest absolute Gasteiger partial charge is 0.262 e. The Hall–Kier alpha value is -2.41. The van der Waals surface area contributed by atoms with Crippen molar-refractivity contribution in [1.82, 2.24) is 0 Å². The largest absolute Gasteiger partial charge is 0.326 e. The lowest BCUT2D eigenvalue weighted by atomic mass is 10.2. The summed E-state index contributed by atoms with van der Waals surface area (Å²) in [6.07, 6.45) is 0.281. The summed E-state index contributed by atoms with van der Waals surface area (Å²) in [7, 11) is -3.97. The van der Waals surface area contributed by atoms with Gasteiger partial charge < -0.3 is 5.32 Å². The number of aryl methyl sites for hydroxylation is 1. The fourth-order valence-corrected chi connectivity index (χ4v) is 3.30. The van der Waals surface area contributed by atoms with E-state index in [1.165, 1.54) is 30.3 Å². The van der Waals surface area contributed by atoms with Gasteiger partial charge in [-0.15, -0.1) is 0 Å². The van der Waals surface area contributed by atoms with Crippen molar-refractivity contribution >= 4 is 27.3 Å². The molecule has 7 heteroatoms. The van der Waals surface area contributed by atoms with E-state index < -0.39 is 15.8 Å². The molecule has 1 amide bonds. The first-order chi connectivity index (χ1) is 10.8. The molecule has 0 atom stereocenters. The van der Waals surface area contributed by atoms with Crippen LogP contribution in [0.1, 0.15) is 18.9 Å². The van der Waals surface area contributed by atoms with Crippen LogP contribution in [0.4, 0.5) is 15.8 Å². The first-order valence-electron chi connectivity index (χ1n) is 7.01. The number of carbonyl (C=O) groups is 1. The first-order valence-corrected chi connectivity index (χ1v) is 8.49. The zero-order valence-corrected chi connectivity index (χ0v) is 13.6. The monoisotopic (exact) mass is 336 g/mol. The van der Waals surface area contributed by atoms with Crippen molar-refractivity contribution in [3.8, 4) is 0 Å². The number of amides is 1. The van der Waals surface area contributed by atoms with Crippen molar-refractivity contribution < 1.29 is 17.6 Å². The highest BCUT2D eigenvalue weighted by molar-refractivity contribution is 7.92. The van der Waals surface area contributed by atoms with Gasteiger partial charge in [-0.3, -0.25) is 9.52 Å². The molecule has 0 bridgehead atoms. The number of sulfonamides is 1. The van der Waals surface area contributed by atoms with Crippen molar-refractivity contribution in [3.05, 3.63) is 53.8 Å². The maximum atomic E-state index is 13.6. The average Bonchev–Trinajstić information content (AvgIpc) is 2.51. The van der Waals surface area contributed by atoms with Crippen LogP contribution in [0.2, 0.25) is 0 Å². The van der Waals surface area contributed by atoms with E-state index in [1.807, 2.05) is 0 Å². The van der Waals surface area contributed by atoms with E-state index in [1.54, 1.807) is 26.0 Å². The van der Waals surface area contributed by atoms with Crippen LogP contribution in [0.25, 0.3) is 0 Å². The van der Waals surface area contributed by atoms with Gasteiger partial charge in [0, 0.05) is 12.1 Å². The van der Waals surface area contributed by atoms with Crippen LogP contribution in [-0.2, 0) is 14.8 Å². The van der Waals surface area contributed by atoms with Gasteiger partial charge in [-0.05, 0) is 36.8 Å². The SMILES string of the molecule is CCC(=O)Nc1ccc(C)c(S(=O)(=O)Nc2ccccc2F)c1. The standard InChI is InChI=1S/C16H17FN2O3S/c1-3-16(20)18-12-9-8-11(2)15(10-12)23(21,22)19-14-7-5-4-6-13(14)17/h4-10,19H,3H2,1-2H3,(H,18,20). The third-order valence-corrected chi connectivity index (χ3v) is 4.71. The van der Waals surface area contributed by atoms with E-state index in [2.05, 4.69) is 10.0 Å². The fourth-order valence-electron chi connectivity index (χ4n) is 1.96. The van der Waals surface area contributed by atoms with Crippen LogP contribution in [0.3, 0.4) is 0 Å². The molecule has 0 saturated carbocycles. The predicted octanol–water partition coefficient (Wildman–Crippen LogP) is 3.28. The molecule has 0 radical (unpaired) electrons. The summed E-state index contributed by atoms with van der Waals surface area (Å²) in [4.78, 5) is 11.4. The number of para-hydroxylation sites is 1. The van der Waals surface area contributed by atoms with Crippen molar-refractivity contribution in [2.24, 2.45) is 0 Å². The summed E-state index contributed by atoms with van der Waals surface area (Å²) in [6, 6.07) is 10.1. The van der Waals surface area contributed by atoms with Gasteiger partial charge in [-0.2, -0.15) is 0 Å². The summed E-state index contributed by atoms with van der Waals surface area (Å²) in [5.41, 5.74) is 0.731. The molecule has 0 aliphatic rings. The minimum atomic E-state index is -3.97. The zero-order chi connectivity index (χ0) is 17.0. The lowest BCUT2D eigenvalue weighted by Gasteiger charge is -2.13. The molecule has 0 spiro atoms. The highest BCUT2D eigenvalue weighted by Gasteiger charge is 2.19. The Morgan fingerprint density at radius 1 is 1.17 bits per heavy atom. The summed E-state index contributed by atoms with van der Waals surface area (Å²) in [5, 5.41) is 2.60. The molecule has 0 unspecified atom stereocenters. The zero-order valence-electron chi connectivity index (χ0n) is 12.8. The summed E-state index contributed by atoms with van der Waals surface area (Å²) >= 11 is 0. The lowest BCUT2D eigenvalue weighted by Crippen LogP contribution is -2.16. The molecule has 0 fully saturated rings. The number of hydrogen-bond acceptors (Lipinski definition) is 3. The normalized spacial score (nSPS) is 11.1. The van der Waals surface area contributed by atoms with Crippen molar-refractivity contribution in [2.45, 2.75) is 25.2 Å². The molecule has 2 aromatic rings. The molecule has 2 N–H and O–H groups in total. The Morgan fingerprint density at radius 3 is 2.52 bits per heavy atom. The van der Waals surface area contributed by atoms with Gasteiger partial charge in [0.25, 0.3) is 10.0 Å². The average molecular weight is 336 g/mol. The van der Waals surface area contributed by atoms with E-state index >= 15 is 0 Å². The first kappa shape index (κ1) is 17.0. The predicted molar refractivity (Wildman–Crippen MR) is 87.3 cm³/mol. The number of benzene rings is 2. The van der Waals surface area contributed by atoms with E-state index in [4.69, 9.17) is 0 Å². The molecular weight excluding hydrogens is 319 g/mol. The molecule has 0 saturated heterocycles. The highest BCUT2D eigenvalue weighted by atomic mass is 32.2. The molecule has 0 heterocycles. The lowest BCUT2D eigenvalue weighted by molar-refractivity contribution is -0.115. The molecule has 2 rings (SSSR count). The van der Waals surface area contributed by atoms with Gasteiger partial charge >= 0.3 is 0 Å². The third-order valence-electron chi connectivity index (χ3n) is 3.20. The number of anilines is 2. The van der Waals surface area contributed by atoms with E-state index in [-0.39, 0.29) is 22.9 Å². The highest BCUT2D eigenvalue weighted by Crippen LogP contribution is 2.24. The third kappa shape index (κ3) is 4.07. The van der Waals surface area contributed by atoms with Gasteiger partial charge in [0.05, 0.1) is 10.6 Å². The number of carbonyl (C=O) groups excluding carboxylic acids is 1. The van der Waals surface area contributed by atoms with Crippen molar-refractivity contribution in [2.75, 3.05) is 10.0 Å². The van der Waals surface area contributed by atoms with Crippen LogP contribution in [0.15, 0.2) is 47.4 Å². The van der Waals surface area contributed by atoms with Gasteiger partial charge in [0.2, 0.25) is 5.91 Å². The minimum Gasteiger partial charge on any atom is -0.326 e. The van der Waals surface area contributed by atoms with Gasteiger partial charge in [0.15, 0.2) is 0 Å².